The first kappa shape index (κ1) is 10.8. The Bertz CT molecular complexity index is 629. The van der Waals surface area contributed by atoms with Crippen LogP contribution in [0.4, 0.5) is 0 Å². The first-order valence-electron chi connectivity index (χ1n) is 5.50. The van der Waals surface area contributed by atoms with E-state index in [1.165, 1.54) is 0 Å². The lowest BCUT2D eigenvalue weighted by molar-refractivity contribution is 0.0687. The normalized spacial score (nSPS) is 15.4. The number of aryl methyl sites for hydroxylation is 1. The number of imidazole rings is 1. The summed E-state index contributed by atoms with van der Waals surface area (Å²) in [5.74, 6) is -0.570. The fourth-order valence-electron chi connectivity index (χ4n) is 2.13. The van der Waals surface area contributed by atoms with Gasteiger partial charge in [0, 0.05) is 16.1 Å². The molecule has 1 fully saturated rings. The molecule has 1 N–H and O–H groups in total. The largest absolute Gasteiger partial charge is 0.477 e. The molecule has 17 heavy (non-hydrogen) atoms. The van der Waals surface area contributed by atoms with Gasteiger partial charge in [-0.15, -0.1) is 0 Å². The van der Waals surface area contributed by atoms with E-state index in [2.05, 4.69) is 20.9 Å². The topological polar surface area (TPSA) is 54.6 Å². The van der Waals surface area contributed by atoms with Crippen LogP contribution in [-0.4, -0.2) is 20.5 Å². The van der Waals surface area contributed by atoms with E-state index in [4.69, 9.17) is 0 Å². The minimum atomic E-state index is -0.902. The zero-order chi connectivity index (χ0) is 12.2. The molecule has 2 aromatic heterocycles. The summed E-state index contributed by atoms with van der Waals surface area (Å²) >= 11 is 3.42. The third kappa shape index (κ3) is 1.57. The molecule has 2 aromatic rings. The lowest BCUT2D eigenvalue weighted by Crippen LogP contribution is -2.07. The molecule has 0 spiro atoms. The molecule has 0 aromatic carbocycles. The molecule has 2 heterocycles. The van der Waals surface area contributed by atoms with E-state index in [0.29, 0.717) is 17.3 Å². The predicted octanol–water partition coefficient (Wildman–Crippen LogP) is 2.98. The van der Waals surface area contributed by atoms with Crippen molar-refractivity contribution in [3.8, 4) is 0 Å². The molecule has 88 valence electrons. The van der Waals surface area contributed by atoms with Crippen LogP contribution < -0.4 is 0 Å². The van der Waals surface area contributed by atoms with Gasteiger partial charge in [0.15, 0.2) is 5.69 Å². The van der Waals surface area contributed by atoms with E-state index in [9.17, 15) is 9.90 Å². The number of hydrogen-bond donors (Lipinski definition) is 1. The van der Waals surface area contributed by atoms with Gasteiger partial charge in [-0.25, -0.2) is 9.78 Å². The van der Waals surface area contributed by atoms with Crippen LogP contribution in [0.5, 0.6) is 0 Å². The van der Waals surface area contributed by atoms with Crippen LogP contribution in [-0.2, 0) is 0 Å². The predicted molar refractivity (Wildman–Crippen MR) is 66.6 cm³/mol. The van der Waals surface area contributed by atoms with Gasteiger partial charge in [-0.05, 0) is 47.8 Å². The summed E-state index contributed by atoms with van der Waals surface area (Å²) in [6.07, 6.45) is 2.09. The number of carboxylic acids is 1. The van der Waals surface area contributed by atoms with Gasteiger partial charge in [-0.2, -0.15) is 0 Å². The quantitative estimate of drug-likeness (QED) is 0.926. The van der Waals surface area contributed by atoms with Gasteiger partial charge in [0.2, 0.25) is 0 Å². The van der Waals surface area contributed by atoms with Gasteiger partial charge in [0.1, 0.15) is 5.65 Å². The van der Waals surface area contributed by atoms with Crippen molar-refractivity contribution in [1.29, 1.82) is 0 Å². The summed E-state index contributed by atoms with van der Waals surface area (Å²) in [7, 11) is 0. The number of nitrogens with zero attached hydrogens (tertiary/aromatic N) is 2. The molecule has 0 saturated heterocycles. The van der Waals surface area contributed by atoms with Gasteiger partial charge in [-0.1, -0.05) is 0 Å². The van der Waals surface area contributed by atoms with Crippen molar-refractivity contribution in [2.24, 2.45) is 0 Å². The Labute approximate surface area is 106 Å². The maximum atomic E-state index is 11.4. The summed E-state index contributed by atoms with van der Waals surface area (Å²) < 4.78 is 2.62. The Morgan fingerprint density at radius 3 is 2.82 bits per heavy atom. The average molecular weight is 295 g/mol. The smallest absolute Gasteiger partial charge is 0.354 e. The van der Waals surface area contributed by atoms with E-state index in [-0.39, 0.29) is 0 Å². The zero-order valence-electron chi connectivity index (χ0n) is 9.27. The Morgan fingerprint density at radius 1 is 1.53 bits per heavy atom. The standard InChI is InChI=1S/C12H11BrN2O2/c1-6-8(13)4-5-9-14-10(7-2-3-7)11(12(16)17)15(6)9/h4-5,7H,2-3H2,1H3,(H,16,17). The van der Waals surface area contributed by atoms with Crippen LogP contribution in [0, 0.1) is 6.92 Å². The first-order chi connectivity index (χ1) is 8.09. The van der Waals surface area contributed by atoms with Crippen LogP contribution in [0.3, 0.4) is 0 Å². The molecule has 0 unspecified atom stereocenters. The fraction of sp³-hybridized carbons (Fsp3) is 0.333. The molecule has 5 heteroatoms. The van der Waals surface area contributed by atoms with Crippen LogP contribution in [0.25, 0.3) is 5.65 Å². The van der Waals surface area contributed by atoms with Crippen molar-refractivity contribution in [1.82, 2.24) is 9.38 Å². The van der Waals surface area contributed by atoms with Crippen molar-refractivity contribution in [3.63, 3.8) is 0 Å². The number of aromatic carboxylic acids is 1. The van der Waals surface area contributed by atoms with Crippen molar-refractivity contribution in [3.05, 3.63) is 33.7 Å². The average Bonchev–Trinajstić information content (AvgIpc) is 3.04. The molecule has 1 saturated carbocycles. The Kier molecular flexibility index (Phi) is 2.26. The summed E-state index contributed by atoms with van der Waals surface area (Å²) in [5.41, 5.74) is 2.64. The number of carbonyl (C=O) groups is 1. The Morgan fingerprint density at radius 2 is 2.24 bits per heavy atom. The van der Waals surface area contributed by atoms with E-state index >= 15 is 0 Å². The number of fused-ring (bicyclic) bond motifs is 1. The lowest BCUT2D eigenvalue weighted by Gasteiger charge is -2.04. The van der Waals surface area contributed by atoms with Crippen molar-refractivity contribution >= 4 is 27.5 Å². The second kappa shape index (κ2) is 3.57. The van der Waals surface area contributed by atoms with Gasteiger partial charge in [0.05, 0.1) is 5.69 Å². The highest BCUT2D eigenvalue weighted by Gasteiger charge is 2.33. The maximum absolute atomic E-state index is 11.4. The third-order valence-corrected chi connectivity index (χ3v) is 3.99. The Balaban J connectivity index is 2.40. The molecule has 3 rings (SSSR count). The second-order valence-corrected chi connectivity index (χ2v) is 5.24. The molecule has 0 atom stereocenters. The SMILES string of the molecule is Cc1c(Br)ccc2nc(C3CC3)c(C(=O)O)n12. The molecular weight excluding hydrogens is 284 g/mol. The van der Waals surface area contributed by atoms with Crippen LogP contribution >= 0.6 is 15.9 Å². The molecule has 0 radical (unpaired) electrons. The van der Waals surface area contributed by atoms with Crippen molar-refractivity contribution < 1.29 is 9.90 Å². The Hall–Kier alpha value is -1.36. The number of aromatic nitrogens is 2. The first-order valence-corrected chi connectivity index (χ1v) is 6.29. The number of hydrogen-bond acceptors (Lipinski definition) is 2. The molecule has 1 aliphatic carbocycles. The minimum absolute atomic E-state index is 0.321. The number of carboxylic acid groups (broad SMARTS) is 1. The highest BCUT2D eigenvalue weighted by atomic mass is 79.9. The number of halogens is 1. The van der Waals surface area contributed by atoms with Gasteiger partial charge in [0.25, 0.3) is 0 Å². The van der Waals surface area contributed by atoms with Crippen molar-refractivity contribution in [2.45, 2.75) is 25.7 Å². The highest BCUT2D eigenvalue weighted by Crippen LogP contribution is 2.41. The van der Waals surface area contributed by atoms with Crippen LogP contribution in [0.2, 0.25) is 0 Å². The van der Waals surface area contributed by atoms with Gasteiger partial charge >= 0.3 is 5.97 Å². The number of rotatable bonds is 2. The van der Waals surface area contributed by atoms with E-state index in [1.807, 2.05) is 19.1 Å². The minimum Gasteiger partial charge on any atom is -0.477 e. The summed E-state index contributed by atoms with van der Waals surface area (Å²) in [6.45, 7) is 1.89. The lowest BCUT2D eigenvalue weighted by atomic mass is 10.2. The summed E-state index contributed by atoms with van der Waals surface area (Å²) in [5, 5.41) is 9.37. The highest BCUT2D eigenvalue weighted by molar-refractivity contribution is 9.10. The monoisotopic (exact) mass is 294 g/mol. The molecule has 0 amide bonds. The molecule has 0 bridgehead atoms. The maximum Gasteiger partial charge on any atom is 0.354 e. The van der Waals surface area contributed by atoms with Crippen LogP contribution in [0.15, 0.2) is 16.6 Å². The summed E-state index contributed by atoms with van der Waals surface area (Å²) in [6, 6.07) is 3.75. The van der Waals surface area contributed by atoms with E-state index in [1.54, 1.807) is 4.40 Å². The van der Waals surface area contributed by atoms with Gasteiger partial charge in [-0.3, -0.25) is 4.40 Å². The van der Waals surface area contributed by atoms with Gasteiger partial charge < -0.3 is 5.11 Å². The molecule has 0 aliphatic heterocycles. The third-order valence-electron chi connectivity index (χ3n) is 3.16. The fourth-order valence-corrected chi connectivity index (χ4v) is 2.44. The zero-order valence-corrected chi connectivity index (χ0v) is 10.9. The number of pyridine rings is 1. The van der Waals surface area contributed by atoms with Crippen molar-refractivity contribution in [2.75, 3.05) is 0 Å². The second-order valence-electron chi connectivity index (χ2n) is 4.39. The summed E-state index contributed by atoms with van der Waals surface area (Å²) in [4.78, 5) is 15.9. The molecule has 1 aliphatic rings. The molecule has 4 nitrogen and oxygen atoms in total. The molecular formula is C12H11BrN2O2. The van der Waals surface area contributed by atoms with E-state index < -0.39 is 5.97 Å². The van der Waals surface area contributed by atoms with Crippen LogP contribution in [0.1, 0.15) is 40.6 Å². The van der Waals surface area contributed by atoms with E-state index in [0.717, 1.165) is 28.7 Å².